The highest BCUT2D eigenvalue weighted by molar-refractivity contribution is 7.90. The first-order valence-corrected chi connectivity index (χ1v) is 10.2. The van der Waals surface area contributed by atoms with Gasteiger partial charge in [0.15, 0.2) is 9.84 Å². The zero-order valence-electron chi connectivity index (χ0n) is 15.8. The zero-order chi connectivity index (χ0) is 22.5. The van der Waals surface area contributed by atoms with E-state index in [1.165, 1.54) is 24.3 Å². The lowest BCUT2D eigenvalue weighted by molar-refractivity contribution is -0.141. The third-order valence-electron chi connectivity index (χ3n) is 3.47. The van der Waals surface area contributed by atoms with Gasteiger partial charge in [-0.1, -0.05) is 11.2 Å². The predicted octanol–water partition coefficient (Wildman–Crippen LogP) is 1.90. The number of nitrogens with two attached hydrogens (primary N) is 1. The van der Waals surface area contributed by atoms with Crippen LogP contribution in [0.2, 0.25) is 0 Å². The number of nitrogens with zero attached hydrogens (tertiary/aromatic N) is 3. The van der Waals surface area contributed by atoms with Crippen LogP contribution in [0, 0.1) is 0 Å². The van der Waals surface area contributed by atoms with Crippen molar-refractivity contribution >= 4 is 21.5 Å². The van der Waals surface area contributed by atoms with E-state index >= 15 is 0 Å². The first kappa shape index (κ1) is 23.1. The number of esters is 1. The summed E-state index contributed by atoms with van der Waals surface area (Å²) in [5, 5.41) is 3.56. The number of hydrogen-bond donors (Lipinski definition) is 1. The highest BCUT2D eigenvalue weighted by Gasteiger charge is 2.32. The standard InChI is InChI=1S/C17H17F3N4O5S/c1-3-28-14(25)9-22-12(8-13(21)17(18,19)20)15-23-16(29-24-15)10-5-4-6-11(7-10)30(2,26)27/h4-8H,3,9,21H2,1-2H3. The lowest BCUT2D eigenvalue weighted by Crippen LogP contribution is -2.21. The quantitative estimate of drug-likeness (QED) is 0.503. The van der Waals surface area contributed by atoms with Gasteiger partial charge in [0.2, 0.25) is 5.82 Å². The van der Waals surface area contributed by atoms with Crippen LogP contribution >= 0.6 is 0 Å². The molecule has 0 radical (unpaired) electrons. The highest BCUT2D eigenvalue weighted by atomic mass is 32.2. The van der Waals surface area contributed by atoms with E-state index in [0.29, 0.717) is 6.08 Å². The minimum Gasteiger partial charge on any atom is -0.465 e. The van der Waals surface area contributed by atoms with Gasteiger partial charge >= 0.3 is 12.1 Å². The van der Waals surface area contributed by atoms with Crippen molar-refractivity contribution in [3.63, 3.8) is 0 Å². The number of ether oxygens (including phenoxy) is 1. The number of halogens is 3. The molecular formula is C17H17F3N4O5S. The van der Waals surface area contributed by atoms with Crippen molar-refractivity contribution in [1.29, 1.82) is 0 Å². The summed E-state index contributed by atoms with van der Waals surface area (Å²) in [6.45, 7) is 1.02. The third-order valence-corrected chi connectivity index (χ3v) is 4.58. The zero-order valence-corrected chi connectivity index (χ0v) is 16.6. The van der Waals surface area contributed by atoms with Crippen molar-refractivity contribution in [2.24, 2.45) is 10.7 Å². The van der Waals surface area contributed by atoms with Gasteiger partial charge < -0.3 is 15.0 Å². The number of aromatic nitrogens is 2. The summed E-state index contributed by atoms with van der Waals surface area (Å²) in [4.78, 5) is 19.2. The molecule has 2 aromatic rings. The summed E-state index contributed by atoms with van der Waals surface area (Å²) in [5.74, 6) is -1.33. The molecular weight excluding hydrogens is 429 g/mol. The average molecular weight is 446 g/mol. The molecule has 0 aliphatic heterocycles. The van der Waals surface area contributed by atoms with Crippen LogP contribution < -0.4 is 5.73 Å². The lowest BCUT2D eigenvalue weighted by atomic mass is 10.2. The Morgan fingerprint density at radius 2 is 2.07 bits per heavy atom. The van der Waals surface area contributed by atoms with E-state index in [9.17, 15) is 26.4 Å². The van der Waals surface area contributed by atoms with Crippen molar-refractivity contribution in [2.45, 2.75) is 18.0 Å². The van der Waals surface area contributed by atoms with E-state index in [0.717, 1.165) is 6.26 Å². The topological polar surface area (TPSA) is 138 Å². The molecule has 0 aliphatic carbocycles. The molecule has 0 unspecified atom stereocenters. The number of hydrogen-bond acceptors (Lipinski definition) is 9. The van der Waals surface area contributed by atoms with E-state index in [1.807, 2.05) is 0 Å². The largest absolute Gasteiger partial charge is 0.465 e. The molecule has 13 heteroatoms. The summed E-state index contributed by atoms with van der Waals surface area (Å²) in [5.41, 5.74) is 3.29. The molecule has 0 saturated heterocycles. The molecule has 1 aromatic heterocycles. The Labute approximate surface area is 169 Å². The normalized spacial score (nSPS) is 13.4. The van der Waals surface area contributed by atoms with Gasteiger partial charge in [-0.05, 0) is 31.2 Å². The summed E-state index contributed by atoms with van der Waals surface area (Å²) < 4.78 is 71.5. The third kappa shape index (κ3) is 6.14. The second kappa shape index (κ2) is 9.07. The fourth-order valence-corrected chi connectivity index (χ4v) is 2.74. The molecule has 0 atom stereocenters. The molecule has 0 amide bonds. The number of allylic oxidation sites excluding steroid dienone is 2. The Balaban J connectivity index is 2.45. The summed E-state index contributed by atoms with van der Waals surface area (Å²) >= 11 is 0. The maximum absolute atomic E-state index is 12.8. The summed E-state index contributed by atoms with van der Waals surface area (Å²) in [7, 11) is -3.51. The highest BCUT2D eigenvalue weighted by Crippen LogP contribution is 2.23. The van der Waals surface area contributed by atoms with Crippen LogP contribution in [0.15, 0.2) is 50.4 Å². The maximum atomic E-state index is 12.8. The Kier molecular flexibility index (Phi) is 6.97. The van der Waals surface area contributed by atoms with E-state index in [2.05, 4.69) is 19.9 Å². The molecule has 0 saturated carbocycles. The molecule has 9 nitrogen and oxygen atoms in total. The molecule has 2 N–H and O–H groups in total. The minimum absolute atomic E-state index is 0.0165. The number of sulfone groups is 1. The van der Waals surface area contributed by atoms with Crippen LogP contribution in [0.1, 0.15) is 12.7 Å². The van der Waals surface area contributed by atoms with E-state index in [1.54, 1.807) is 6.92 Å². The number of carbonyl (C=O) groups is 1. The van der Waals surface area contributed by atoms with Gasteiger partial charge in [-0.25, -0.2) is 8.42 Å². The second-order valence-electron chi connectivity index (χ2n) is 5.83. The molecule has 1 aromatic carbocycles. The SMILES string of the molecule is CCOC(=O)CN=C(C=C(N)C(F)(F)F)c1noc(-c2cccc(S(C)(=O)=O)c2)n1. The van der Waals surface area contributed by atoms with Crippen LogP contribution in [0.5, 0.6) is 0 Å². The number of carbonyl (C=O) groups excluding carboxylic acids is 1. The molecule has 0 fully saturated rings. The first-order chi connectivity index (χ1) is 13.9. The molecule has 1 heterocycles. The summed E-state index contributed by atoms with van der Waals surface area (Å²) in [6, 6.07) is 5.53. The Hall–Kier alpha value is -3.22. The van der Waals surface area contributed by atoms with Crippen LogP contribution in [-0.4, -0.2) is 55.8 Å². The van der Waals surface area contributed by atoms with Gasteiger partial charge in [-0.3, -0.25) is 9.79 Å². The van der Waals surface area contributed by atoms with Gasteiger partial charge in [0, 0.05) is 11.8 Å². The predicted molar refractivity (Wildman–Crippen MR) is 99.2 cm³/mol. The van der Waals surface area contributed by atoms with Crippen LogP contribution in [0.3, 0.4) is 0 Å². The number of alkyl halides is 3. The van der Waals surface area contributed by atoms with E-state index in [4.69, 9.17) is 10.3 Å². The average Bonchev–Trinajstić information content (AvgIpc) is 3.14. The van der Waals surface area contributed by atoms with Gasteiger partial charge in [0.1, 0.15) is 18.0 Å². The van der Waals surface area contributed by atoms with Crippen molar-refractivity contribution in [3.8, 4) is 11.5 Å². The number of aliphatic imine (C=N–C) groups is 1. The van der Waals surface area contributed by atoms with Crippen molar-refractivity contribution in [3.05, 3.63) is 41.9 Å². The fraction of sp³-hybridized carbons (Fsp3) is 0.294. The molecule has 0 bridgehead atoms. The second-order valence-corrected chi connectivity index (χ2v) is 7.84. The Bertz CT molecular complexity index is 1090. The monoisotopic (exact) mass is 446 g/mol. The van der Waals surface area contributed by atoms with E-state index < -0.39 is 39.9 Å². The van der Waals surface area contributed by atoms with Gasteiger partial charge in [-0.2, -0.15) is 18.2 Å². The number of rotatable bonds is 7. The molecule has 0 aliphatic rings. The maximum Gasteiger partial charge on any atom is 0.430 e. The van der Waals surface area contributed by atoms with Crippen LogP contribution in [0.4, 0.5) is 13.2 Å². The number of benzene rings is 1. The smallest absolute Gasteiger partial charge is 0.430 e. The van der Waals surface area contributed by atoms with E-state index in [-0.39, 0.29) is 28.8 Å². The molecule has 0 spiro atoms. The van der Waals surface area contributed by atoms with Crippen molar-refractivity contribution in [1.82, 2.24) is 10.1 Å². The Morgan fingerprint density at radius 3 is 2.67 bits per heavy atom. The van der Waals surface area contributed by atoms with Gasteiger partial charge in [0.05, 0.1) is 11.5 Å². The van der Waals surface area contributed by atoms with Gasteiger partial charge in [0.25, 0.3) is 5.89 Å². The molecule has 2 rings (SSSR count). The molecule has 162 valence electrons. The van der Waals surface area contributed by atoms with Crippen LogP contribution in [-0.2, 0) is 19.4 Å². The van der Waals surface area contributed by atoms with Gasteiger partial charge in [-0.15, -0.1) is 0 Å². The fourth-order valence-electron chi connectivity index (χ4n) is 2.07. The van der Waals surface area contributed by atoms with Crippen molar-refractivity contribution in [2.75, 3.05) is 19.4 Å². The van der Waals surface area contributed by atoms with Crippen LogP contribution in [0.25, 0.3) is 11.5 Å². The minimum atomic E-state index is -4.85. The van der Waals surface area contributed by atoms with Crippen molar-refractivity contribution < 1.29 is 35.6 Å². The Morgan fingerprint density at radius 1 is 1.37 bits per heavy atom. The lowest BCUT2D eigenvalue weighted by Gasteiger charge is -2.06. The molecule has 30 heavy (non-hydrogen) atoms. The summed E-state index contributed by atoms with van der Waals surface area (Å²) in [6.07, 6.45) is -3.38. The first-order valence-electron chi connectivity index (χ1n) is 8.30.